The number of hydrogen-bond acceptors (Lipinski definition) is 8. The number of aromatic nitrogens is 1. The second kappa shape index (κ2) is 16.2. The number of aryl methyl sites for hydroxylation is 2. The van der Waals surface area contributed by atoms with Crippen LogP contribution in [0.3, 0.4) is 0 Å². The Kier molecular flexibility index (Phi) is 13.4. The van der Waals surface area contributed by atoms with Crippen LogP contribution in [0.2, 0.25) is 0 Å². The van der Waals surface area contributed by atoms with E-state index in [9.17, 15) is 5.26 Å². The third kappa shape index (κ3) is 9.15. The summed E-state index contributed by atoms with van der Waals surface area (Å²) in [4.78, 5) is 4.39. The number of nitrogens with zero attached hydrogens (tertiary/aromatic N) is 4. The monoisotopic (exact) mass is 542 g/mol. The number of hydrogen-bond donors (Lipinski definition) is 6. The Bertz CT molecular complexity index is 1310. The molecule has 0 radical (unpaired) electrons. The molecule has 10 nitrogen and oxygen atoms in total. The summed E-state index contributed by atoms with van der Waals surface area (Å²) in [5.41, 5.74) is 11.2. The van der Waals surface area contributed by atoms with Gasteiger partial charge in [-0.05, 0) is 56.0 Å². The van der Waals surface area contributed by atoms with Crippen LogP contribution >= 0.6 is 0 Å². The van der Waals surface area contributed by atoms with Crippen LogP contribution in [-0.2, 0) is 0 Å². The van der Waals surface area contributed by atoms with Gasteiger partial charge in [0.15, 0.2) is 5.84 Å². The molecule has 0 unspecified atom stereocenters. The molecule has 8 N–H and O–H groups in total. The highest BCUT2D eigenvalue weighted by molar-refractivity contribution is 5.94. The molecule has 3 rings (SSSR count). The van der Waals surface area contributed by atoms with E-state index in [0.717, 1.165) is 40.3 Å². The van der Waals surface area contributed by atoms with Gasteiger partial charge in [0.05, 0.1) is 28.7 Å². The van der Waals surface area contributed by atoms with E-state index in [1.165, 1.54) is 6.08 Å². The third-order valence-electron chi connectivity index (χ3n) is 5.70. The number of nitriles is 1. The summed E-state index contributed by atoms with van der Waals surface area (Å²) in [6.07, 6.45) is 5.12. The van der Waals surface area contributed by atoms with Crippen molar-refractivity contribution in [1.82, 2.24) is 15.4 Å². The van der Waals surface area contributed by atoms with Crippen molar-refractivity contribution in [1.29, 1.82) is 10.7 Å². The van der Waals surface area contributed by atoms with E-state index in [4.69, 9.17) is 17.0 Å². The van der Waals surface area contributed by atoms with Crippen LogP contribution < -0.4 is 27.5 Å². The van der Waals surface area contributed by atoms with Gasteiger partial charge in [-0.25, -0.2) is 10.8 Å². The predicted molar refractivity (Wildman–Crippen MR) is 168 cm³/mol. The highest BCUT2D eigenvalue weighted by Crippen LogP contribution is 2.30. The van der Waals surface area contributed by atoms with Gasteiger partial charge in [0.2, 0.25) is 0 Å². The van der Waals surface area contributed by atoms with Crippen molar-refractivity contribution >= 4 is 28.9 Å². The zero-order valence-corrected chi connectivity index (χ0v) is 24.2. The van der Waals surface area contributed by atoms with Crippen molar-refractivity contribution < 1.29 is 0 Å². The summed E-state index contributed by atoms with van der Waals surface area (Å²) >= 11 is 0. The fourth-order valence-corrected chi connectivity index (χ4v) is 3.39. The first-order valence-electron chi connectivity index (χ1n) is 12.9. The average molecular weight is 543 g/mol. The molecule has 1 aromatic heterocycles. The Labute approximate surface area is 238 Å². The number of hydrazone groups is 1. The van der Waals surface area contributed by atoms with Crippen molar-refractivity contribution in [3.8, 4) is 6.07 Å². The number of pyridine rings is 1. The number of benzene rings is 1. The number of rotatable bonds is 10. The lowest BCUT2D eigenvalue weighted by atomic mass is 10.0. The summed E-state index contributed by atoms with van der Waals surface area (Å²) in [6, 6.07) is 9.46. The smallest absolute Gasteiger partial charge is 0.161 e. The van der Waals surface area contributed by atoms with E-state index >= 15 is 0 Å². The largest absolute Gasteiger partial charge is 0.388 e. The zero-order valence-electron chi connectivity index (χ0n) is 24.2. The van der Waals surface area contributed by atoms with Crippen LogP contribution in [0, 0.1) is 36.5 Å². The van der Waals surface area contributed by atoms with Crippen LogP contribution in [-0.4, -0.2) is 28.8 Å². The van der Waals surface area contributed by atoms with Crippen molar-refractivity contribution in [2.24, 2.45) is 22.6 Å². The second-order valence-electron chi connectivity index (χ2n) is 8.54. The third-order valence-corrected chi connectivity index (χ3v) is 5.70. The Morgan fingerprint density at radius 1 is 1.20 bits per heavy atom. The summed E-state index contributed by atoms with van der Waals surface area (Å²) < 4.78 is 0. The van der Waals surface area contributed by atoms with Gasteiger partial charge in [0, 0.05) is 36.5 Å². The second-order valence-corrected chi connectivity index (χ2v) is 8.54. The van der Waals surface area contributed by atoms with Crippen molar-refractivity contribution in [3.05, 3.63) is 96.5 Å². The van der Waals surface area contributed by atoms with Gasteiger partial charge >= 0.3 is 0 Å². The highest BCUT2D eigenvalue weighted by Gasteiger charge is 2.26. The SMILES string of the molecule is C=C.C=C(Nc1c(C)cc(C#N)cc1C(=C)NC)/C(=C/C(=N)N(N)/N=C(\N)C1CC1)Nc1ncccc1C.CC. The van der Waals surface area contributed by atoms with Crippen molar-refractivity contribution in [2.45, 2.75) is 40.5 Å². The van der Waals surface area contributed by atoms with Gasteiger partial charge in [0.25, 0.3) is 0 Å². The van der Waals surface area contributed by atoms with Gasteiger partial charge in [-0.15, -0.1) is 18.3 Å². The standard InChI is InChI=1S/C26H32N10.C2H6.C2H4/c1-15-7-6-10-32-26(15)34-22(13-23(28)36(30)35-25(29)20-8-9-20)18(4)33-24-16(2)11-19(14-27)12-21(24)17(3)31-5;2*1-2/h6-7,10-13,20,28,31,33H,3-4,8-9,30H2,1-2,5H3,(H2,29,35)(H,32,34);1-2H3;1-2H2/b22-13-,28-23?;;. The minimum atomic E-state index is -0.103. The molecule has 2 aromatic rings. The summed E-state index contributed by atoms with van der Waals surface area (Å²) in [7, 11) is 1.76. The molecule has 1 aromatic carbocycles. The summed E-state index contributed by atoms with van der Waals surface area (Å²) in [6.45, 7) is 22.1. The maximum absolute atomic E-state index is 9.42. The average Bonchev–Trinajstić information content (AvgIpc) is 3.82. The fourth-order valence-electron chi connectivity index (χ4n) is 3.39. The van der Waals surface area contributed by atoms with Gasteiger partial charge in [-0.2, -0.15) is 10.4 Å². The van der Waals surface area contributed by atoms with Gasteiger partial charge in [-0.1, -0.05) is 33.1 Å². The number of nitrogens with two attached hydrogens (primary N) is 2. The van der Waals surface area contributed by atoms with Crippen molar-refractivity contribution in [3.63, 3.8) is 0 Å². The maximum Gasteiger partial charge on any atom is 0.161 e. The fraction of sp³-hybridized carbons (Fsp3) is 0.267. The minimum Gasteiger partial charge on any atom is -0.388 e. The molecule has 1 fully saturated rings. The normalized spacial score (nSPS) is 12.3. The molecule has 0 amide bonds. The van der Waals surface area contributed by atoms with Crippen molar-refractivity contribution in [2.75, 3.05) is 17.7 Å². The van der Waals surface area contributed by atoms with Crippen LogP contribution in [0.4, 0.5) is 11.5 Å². The Hall–Kier alpha value is -4.88. The predicted octanol–water partition coefficient (Wildman–Crippen LogP) is 5.35. The van der Waals surface area contributed by atoms with E-state index in [1.807, 2.05) is 39.8 Å². The Morgan fingerprint density at radius 2 is 1.85 bits per heavy atom. The lowest BCUT2D eigenvalue weighted by molar-refractivity contribution is 0.466. The Morgan fingerprint density at radius 3 is 2.40 bits per heavy atom. The molecule has 0 saturated heterocycles. The molecule has 0 spiro atoms. The van der Waals surface area contributed by atoms with Gasteiger partial charge in [-0.3, -0.25) is 5.41 Å². The van der Waals surface area contributed by atoms with Crippen LogP contribution in [0.5, 0.6) is 0 Å². The number of amidine groups is 2. The number of anilines is 2. The molecule has 0 bridgehead atoms. The highest BCUT2D eigenvalue weighted by atomic mass is 15.6. The summed E-state index contributed by atoms with van der Waals surface area (Å²) in [5.74, 6) is 7.12. The molecule has 10 heteroatoms. The molecule has 1 aliphatic rings. The molecule has 212 valence electrons. The van der Waals surface area contributed by atoms with E-state index < -0.39 is 0 Å². The maximum atomic E-state index is 9.42. The topological polar surface area (TPSA) is 164 Å². The van der Waals surface area contributed by atoms with Crippen LogP contribution in [0.25, 0.3) is 5.70 Å². The van der Waals surface area contributed by atoms with Gasteiger partial charge in [0.1, 0.15) is 11.7 Å². The zero-order chi connectivity index (χ0) is 30.4. The molecular formula is C30H42N10. The molecule has 1 aliphatic carbocycles. The number of nitrogens with one attached hydrogen (secondary N) is 4. The molecular weight excluding hydrogens is 500 g/mol. The summed E-state index contributed by atoms with van der Waals surface area (Å²) in [5, 5.41) is 32.6. The number of hydrazine groups is 1. The van der Waals surface area contributed by atoms with Gasteiger partial charge < -0.3 is 21.7 Å². The van der Waals surface area contributed by atoms with Crippen LogP contribution in [0.1, 0.15) is 48.9 Å². The lowest BCUT2D eigenvalue weighted by Crippen LogP contribution is -2.34. The van der Waals surface area contributed by atoms with E-state index in [0.29, 0.717) is 34.3 Å². The first kappa shape index (κ1) is 33.1. The quantitative estimate of drug-likeness (QED) is 0.0584. The first-order chi connectivity index (χ1) is 19.1. The molecule has 1 saturated carbocycles. The molecule has 1 heterocycles. The van der Waals surface area contributed by atoms with Crippen LogP contribution in [0.15, 0.2) is 79.3 Å². The molecule has 0 atom stereocenters. The molecule has 0 aliphatic heterocycles. The van der Waals surface area contributed by atoms with E-state index in [-0.39, 0.29) is 11.8 Å². The lowest BCUT2D eigenvalue weighted by Gasteiger charge is -2.21. The first-order valence-corrected chi connectivity index (χ1v) is 12.9. The minimum absolute atomic E-state index is 0.103. The van der Waals surface area contributed by atoms with E-state index in [2.05, 4.69) is 58.4 Å². The van der Waals surface area contributed by atoms with E-state index in [1.54, 1.807) is 25.4 Å². The Balaban J connectivity index is 0.00000191. The molecule has 40 heavy (non-hydrogen) atoms.